The van der Waals surface area contributed by atoms with Gasteiger partial charge in [0.2, 0.25) is 0 Å². The number of esters is 1. The van der Waals surface area contributed by atoms with E-state index < -0.39 is 0 Å². The summed E-state index contributed by atoms with van der Waals surface area (Å²) in [5.41, 5.74) is 4.03. The molecule has 0 amide bonds. The number of rotatable bonds is 1. The molecule has 3 rings (SSSR count). The van der Waals surface area contributed by atoms with Crippen LogP contribution in [-0.2, 0) is 14.3 Å². The lowest BCUT2D eigenvalue weighted by molar-refractivity contribution is -0.136. The zero-order valence-electron chi connectivity index (χ0n) is 11.9. The summed E-state index contributed by atoms with van der Waals surface area (Å²) in [5.74, 6) is -0.255. The SMILES string of the molecule is COC(=O)/C1=C/c2ccccc2NC2=C(C1)C(=O)CCC2. The van der Waals surface area contributed by atoms with E-state index in [0.717, 1.165) is 29.8 Å². The third-order valence-corrected chi connectivity index (χ3v) is 3.92. The van der Waals surface area contributed by atoms with E-state index in [-0.39, 0.29) is 11.8 Å². The van der Waals surface area contributed by atoms with E-state index in [1.807, 2.05) is 24.3 Å². The Kier molecular flexibility index (Phi) is 3.60. The number of carbonyl (C=O) groups excluding carboxylic acids is 2. The molecule has 1 aromatic rings. The predicted molar refractivity (Wildman–Crippen MR) is 80.6 cm³/mol. The number of hydrogen-bond acceptors (Lipinski definition) is 4. The Bertz CT molecular complexity index is 670. The van der Waals surface area contributed by atoms with Crippen LogP contribution in [0.5, 0.6) is 0 Å². The first-order valence-corrected chi connectivity index (χ1v) is 7.09. The van der Waals surface area contributed by atoms with Crippen LogP contribution in [0.2, 0.25) is 0 Å². The number of methoxy groups -OCH3 is 1. The van der Waals surface area contributed by atoms with Crippen LogP contribution in [0.3, 0.4) is 0 Å². The smallest absolute Gasteiger partial charge is 0.334 e. The minimum Gasteiger partial charge on any atom is -0.466 e. The zero-order chi connectivity index (χ0) is 14.8. The van der Waals surface area contributed by atoms with Gasteiger partial charge in [0, 0.05) is 35.4 Å². The molecule has 0 fully saturated rings. The maximum Gasteiger partial charge on any atom is 0.334 e. The van der Waals surface area contributed by atoms with Gasteiger partial charge in [-0.1, -0.05) is 18.2 Å². The van der Waals surface area contributed by atoms with Crippen LogP contribution < -0.4 is 5.32 Å². The maximum absolute atomic E-state index is 12.2. The van der Waals surface area contributed by atoms with Crippen LogP contribution in [0.25, 0.3) is 6.08 Å². The average molecular weight is 283 g/mol. The fourth-order valence-corrected chi connectivity index (χ4v) is 2.83. The van der Waals surface area contributed by atoms with Gasteiger partial charge < -0.3 is 10.1 Å². The summed E-state index contributed by atoms with van der Waals surface area (Å²) in [6.45, 7) is 0. The third-order valence-electron chi connectivity index (χ3n) is 3.92. The van der Waals surface area contributed by atoms with Crippen molar-refractivity contribution < 1.29 is 14.3 Å². The van der Waals surface area contributed by atoms with Gasteiger partial charge in [0.05, 0.1) is 7.11 Å². The molecule has 2 aliphatic rings. The highest BCUT2D eigenvalue weighted by molar-refractivity contribution is 6.03. The highest BCUT2D eigenvalue weighted by atomic mass is 16.5. The van der Waals surface area contributed by atoms with E-state index in [9.17, 15) is 9.59 Å². The van der Waals surface area contributed by atoms with Crippen LogP contribution in [-0.4, -0.2) is 18.9 Å². The monoisotopic (exact) mass is 283 g/mol. The van der Waals surface area contributed by atoms with Crippen LogP contribution in [0.1, 0.15) is 31.2 Å². The molecule has 108 valence electrons. The lowest BCUT2D eigenvalue weighted by atomic mass is 9.88. The van der Waals surface area contributed by atoms with E-state index >= 15 is 0 Å². The molecule has 0 saturated carbocycles. The maximum atomic E-state index is 12.2. The number of hydrogen-bond donors (Lipinski definition) is 1. The number of carbonyl (C=O) groups is 2. The van der Waals surface area contributed by atoms with E-state index in [1.54, 1.807) is 6.08 Å². The van der Waals surface area contributed by atoms with Gasteiger partial charge in [0.15, 0.2) is 5.78 Å². The summed E-state index contributed by atoms with van der Waals surface area (Å²) in [5, 5.41) is 3.37. The van der Waals surface area contributed by atoms with Crippen molar-refractivity contribution in [3.8, 4) is 0 Å². The number of benzene rings is 1. The summed E-state index contributed by atoms with van der Waals surface area (Å²) in [6.07, 6.45) is 4.38. The van der Waals surface area contributed by atoms with Gasteiger partial charge in [-0.15, -0.1) is 0 Å². The number of ether oxygens (including phenoxy) is 1. The van der Waals surface area contributed by atoms with Crippen molar-refractivity contribution in [3.05, 3.63) is 46.7 Å². The molecule has 0 aromatic heterocycles. The Hall–Kier alpha value is -2.36. The molecule has 1 aromatic carbocycles. The summed E-state index contributed by atoms with van der Waals surface area (Å²) >= 11 is 0. The summed E-state index contributed by atoms with van der Waals surface area (Å²) < 4.78 is 4.85. The molecule has 21 heavy (non-hydrogen) atoms. The Labute approximate surface area is 123 Å². The molecule has 4 heteroatoms. The quantitative estimate of drug-likeness (QED) is 0.805. The first kappa shape index (κ1) is 13.6. The second kappa shape index (κ2) is 5.56. The Morgan fingerprint density at radius 1 is 1.24 bits per heavy atom. The minimum absolute atomic E-state index is 0.123. The molecule has 0 spiro atoms. The van der Waals surface area contributed by atoms with Crippen molar-refractivity contribution in [2.24, 2.45) is 0 Å². The average Bonchev–Trinajstić information content (AvgIpc) is 2.48. The van der Waals surface area contributed by atoms with E-state index in [1.165, 1.54) is 7.11 Å². The van der Waals surface area contributed by atoms with Crippen molar-refractivity contribution in [1.82, 2.24) is 0 Å². The van der Waals surface area contributed by atoms with Gasteiger partial charge in [-0.2, -0.15) is 0 Å². The second-order valence-corrected chi connectivity index (χ2v) is 5.28. The molecule has 0 unspecified atom stereocenters. The molecular formula is C17H17NO3. The third kappa shape index (κ3) is 2.61. The van der Waals surface area contributed by atoms with Gasteiger partial charge in [-0.3, -0.25) is 4.79 Å². The number of para-hydroxylation sites is 1. The van der Waals surface area contributed by atoms with Crippen molar-refractivity contribution >= 4 is 23.5 Å². The topological polar surface area (TPSA) is 55.4 Å². The molecule has 1 aliphatic carbocycles. The van der Waals surface area contributed by atoms with Crippen LogP contribution in [0.4, 0.5) is 5.69 Å². The van der Waals surface area contributed by atoms with Gasteiger partial charge in [-0.05, 0) is 30.5 Å². The van der Waals surface area contributed by atoms with Crippen LogP contribution >= 0.6 is 0 Å². The summed E-state index contributed by atoms with van der Waals surface area (Å²) in [7, 11) is 1.37. The van der Waals surface area contributed by atoms with Crippen molar-refractivity contribution in [3.63, 3.8) is 0 Å². The molecule has 1 aliphatic heterocycles. The molecular weight excluding hydrogens is 266 g/mol. The van der Waals surface area contributed by atoms with Gasteiger partial charge in [-0.25, -0.2) is 4.79 Å². The Morgan fingerprint density at radius 2 is 2.05 bits per heavy atom. The highest BCUT2D eigenvalue weighted by Gasteiger charge is 2.26. The number of anilines is 1. The fraction of sp³-hybridized carbons (Fsp3) is 0.294. The van der Waals surface area contributed by atoms with E-state index in [2.05, 4.69) is 5.32 Å². The Balaban J connectivity index is 2.14. The lowest BCUT2D eigenvalue weighted by Crippen LogP contribution is -2.20. The van der Waals surface area contributed by atoms with Crippen LogP contribution in [0, 0.1) is 0 Å². The van der Waals surface area contributed by atoms with E-state index in [4.69, 9.17) is 4.74 Å². The van der Waals surface area contributed by atoms with Gasteiger partial charge in [0.25, 0.3) is 0 Å². The standard InChI is InChI=1S/C17H17NO3/c1-21-17(20)12-9-11-5-2-3-6-14(11)18-15-7-4-8-16(19)13(15)10-12/h2-3,5-6,9,18H,4,7-8,10H2,1H3/b12-9+. The molecule has 0 saturated heterocycles. The first-order chi connectivity index (χ1) is 10.2. The minimum atomic E-state index is -0.378. The molecule has 1 heterocycles. The van der Waals surface area contributed by atoms with Gasteiger partial charge >= 0.3 is 5.97 Å². The Morgan fingerprint density at radius 3 is 2.86 bits per heavy atom. The number of allylic oxidation sites excluding steroid dienone is 2. The number of ketones is 1. The van der Waals surface area contributed by atoms with Crippen LogP contribution in [0.15, 0.2) is 41.1 Å². The van der Waals surface area contributed by atoms with E-state index in [0.29, 0.717) is 24.0 Å². The number of fused-ring (bicyclic) bond motifs is 1. The highest BCUT2D eigenvalue weighted by Crippen LogP contribution is 2.33. The molecule has 0 atom stereocenters. The molecule has 0 bridgehead atoms. The largest absolute Gasteiger partial charge is 0.466 e. The molecule has 0 radical (unpaired) electrons. The van der Waals surface area contributed by atoms with Crippen molar-refractivity contribution in [2.45, 2.75) is 25.7 Å². The summed E-state index contributed by atoms with van der Waals surface area (Å²) in [6, 6.07) is 7.76. The number of nitrogens with one attached hydrogen (secondary N) is 1. The molecule has 4 nitrogen and oxygen atoms in total. The molecule has 1 N–H and O–H groups in total. The number of Topliss-reactive ketones (excluding diaryl/α,β-unsaturated/α-hetero) is 1. The van der Waals surface area contributed by atoms with Crippen molar-refractivity contribution in [1.29, 1.82) is 0 Å². The summed E-state index contributed by atoms with van der Waals surface area (Å²) in [4.78, 5) is 24.2. The predicted octanol–water partition coefficient (Wildman–Crippen LogP) is 3.07. The second-order valence-electron chi connectivity index (χ2n) is 5.28. The van der Waals surface area contributed by atoms with Gasteiger partial charge in [0.1, 0.15) is 0 Å². The first-order valence-electron chi connectivity index (χ1n) is 7.09. The fourth-order valence-electron chi connectivity index (χ4n) is 2.83. The lowest BCUT2D eigenvalue weighted by Gasteiger charge is -2.24. The zero-order valence-corrected chi connectivity index (χ0v) is 11.9. The normalized spacial score (nSPS) is 20.2. The van der Waals surface area contributed by atoms with Crippen molar-refractivity contribution in [2.75, 3.05) is 12.4 Å².